The van der Waals surface area contributed by atoms with Gasteiger partial charge >= 0.3 is 0 Å². The molecule has 2 nitrogen and oxygen atoms in total. The Morgan fingerprint density at radius 2 is 1.15 bits per heavy atom. The Bertz CT molecular complexity index is 3890. The number of para-hydroxylation sites is 1. The summed E-state index contributed by atoms with van der Waals surface area (Å²) in [5.41, 5.74) is 17.0. The van der Waals surface area contributed by atoms with E-state index in [1.165, 1.54) is 97.7 Å². The van der Waals surface area contributed by atoms with E-state index in [-0.39, 0.29) is 0 Å². The molecule has 1 unspecified atom stereocenters. The van der Waals surface area contributed by atoms with Crippen LogP contribution in [0, 0.1) is 0 Å². The summed E-state index contributed by atoms with van der Waals surface area (Å²) in [5.74, 6) is 0.329. The molecule has 0 N–H and O–H groups in total. The number of fused-ring (bicyclic) bond motifs is 11. The third-order valence-electron chi connectivity index (χ3n) is 14.8. The van der Waals surface area contributed by atoms with Crippen LogP contribution in [-0.4, -0.2) is 4.57 Å². The van der Waals surface area contributed by atoms with Crippen LogP contribution in [0.3, 0.4) is 0 Å². The second-order valence-corrected chi connectivity index (χ2v) is 19.4. The number of aromatic nitrogens is 1. The molecule has 0 bridgehead atoms. The molecule has 1 atom stereocenters. The fourth-order valence-electron chi connectivity index (χ4n) is 11.9. The summed E-state index contributed by atoms with van der Waals surface area (Å²) in [7, 11) is 0. The number of anilines is 3. The lowest BCUT2D eigenvalue weighted by atomic mass is 9.67. The normalized spacial score (nSPS) is 14.6. The summed E-state index contributed by atoms with van der Waals surface area (Å²) in [6, 6.07) is 87.9. The maximum Gasteiger partial charge on any atom is 0.0714 e. The van der Waals surface area contributed by atoms with Crippen molar-refractivity contribution in [1.82, 2.24) is 4.57 Å². The first kappa shape index (κ1) is 39.0. The average Bonchev–Trinajstić information content (AvgIpc) is 4.05. The molecule has 0 amide bonds. The fraction of sp³-hybridized carbons (Fsp3) is 0.0462. The van der Waals surface area contributed by atoms with Crippen LogP contribution in [0.25, 0.3) is 65.6 Å². The van der Waals surface area contributed by atoms with Gasteiger partial charge in [-0.25, -0.2) is 0 Å². The third-order valence-corrected chi connectivity index (χ3v) is 16.0. The third kappa shape index (κ3) is 5.76. The number of rotatable bonds is 7. The number of allylic oxidation sites excluding steroid dienone is 1. The van der Waals surface area contributed by atoms with Gasteiger partial charge in [-0.05, 0) is 117 Å². The van der Waals surface area contributed by atoms with Crippen LogP contribution < -0.4 is 4.90 Å². The van der Waals surface area contributed by atoms with Crippen LogP contribution in [0.5, 0.6) is 0 Å². The standard InChI is InChI=1S/C65H44N2S/c1-5-18-43(19-6-1)45-32-38-61-56(40-45)63-62(68-61)39-36-54-55-41-49(34-37-60(55)67(64(54)63)48-26-11-4-12-27-48)66(59-31-17-21-44-20-13-14-28-51(44)59)50-33-35-53-52-29-15-16-30-57(52)65(58(53)42-50,46-22-7-2-8-23-46)47-24-9-3-10-25-47/h1-39,41-42,45H,40H2. The Morgan fingerprint density at radius 3 is 1.94 bits per heavy atom. The van der Waals surface area contributed by atoms with Gasteiger partial charge in [0.05, 0.1) is 22.1 Å². The Kier molecular flexibility index (Phi) is 8.84. The van der Waals surface area contributed by atoms with Gasteiger partial charge in [0.2, 0.25) is 0 Å². The lowest BCUT2D eigenvalue weighted by Gasteiger charge is -2.35. The number of hydrogen-bond donors (Lipinski definition) is 0. The van der Waals surface area contributed by atoms with Crippen LogP contribution in [0.1, 0.15) is 44.2 Å². The Morgan fingerprint density at radius 1 is 0.500 bits per heavy atom. The SMILES string of the molecule is C1=CC(c2ccccc2)Cc2c1sc1ccc3c4cc(N(c5ccc6c(c5)C(c5ccccc5)(c5ccccc5)c5ccccc5-6)c5cccc6ccccc56)ccc4n(-c4ccccc4)c3c21. The van der Waals surface area contributed by atoms with Crippen molar-refractivity contribution in [1.29, 1.82) is 0 Å². The maximum atomic E-state index is 2.53. The molecule has 10 aromatic carbocycles. The summed E-state index contributed by atoms with van der Waals surface area (Å²) in [6.45, 7) is 0. The fourth-order valence-corrected chi connectivity index (χ4v) is 13.1. The van der Waals surface area contributed by atoms with Crippen molar-refractivity contribution < 1.29 is 0 Å². The molecule has 12 aromatic rings. The van der Waals surface area contributed by atoms with Crippen molar-refractivity contribution in [3.63, 3.8) is 0 Å². The zero-order chi connectivity index (χ0) is 44.8. The summed E-state index contributed by atoms with van der Waals surface area (Å²) in [6.07, 6.45) is 5.76. The highest BCUT2D eigenvalue weighted by Gasteiger charge is 2.46. The summed E-state index contributed by atoms with van der Waals surface area (Å²) in [4.78, 5) is 3.88. The van der Waals surface area contributed by atoms with Crippen LogP contribution in [0.15, 0.2) is 243 Å². The molecule has 0 fully saturated rings. The lowest BCUT2D eigenvalue weighted by Crippen LogP contribution is -2.28. The van der Waals surface area contributed by atoms with Crippen LogP contribution >= 0.6 is 11.3 Å². The largest absolute Gasteiger partial charge is 0.310 e. The first-order chi connectivity index (χ1) is 33.7. The van der Waals surface area contributed by atoms with E-state index in [1.807, 2.05) is 11.3 Å². The average molecular weight is 885 g/mol. The van der Waals surface area contributed by atoms with E-state index in [4.69, 9.17) is 0 Å². The molecule has 3 heteroatoms. The van der Waals surface area contributed by atoms with Crippen molar-refractivity contribution in [2.45, 2.75) is 17.8 Å². The molecule has 320 valence electrons. The van der Waals surface area contributed by atoms with E-state index in [2.05, 4.69) is 258 Å². The van der Waals surface area contributed by atoms with Gasteiger partial charge in [-0.1, -0.05) is 188 Å². The second kappa shape index (κ2) is 15.4. The van der Waals surface area contributed by atoms with E-state index in [0.717, 1.165) is 23.5 Å². The summed E-state index contributed by atoms with van der Waals surface area (Å²) in [5, 5.41) is 6.28. The zero-order valence-corrected chi connectivity index (χ0v) is 38.1. The Labute approximate surface area is 400 Å². The van der Waals surface area contributed by atoms with Gasteiger partial charge in [0.15, 0.2) is 0 Å². The van der Waals surface area contributed by atoms with Gasteiger partial charge in [-0.2, -0.15) is 0 Å². The molecular formula is C65H44N2S. The minimum atomic E-state index is -0.526. The number of thiophene rings is 1. The number of benzene rings is 10. The van der Waals surface area contributed by atoms with Crippen molar-refractivity contribution in [3.05, 3.63) is 281 Å². The van der Waals surface area contributed by atoms with Crippen LogP contribution in [0.4, 0.5) is 17.1 Å². The highest BCUT2D eigenvalue weighted by atomic mass is 32.1. The highest BCUT2D eigenvalue weighted by molar-refractivity contribution is 7.20. The van der Waals surface area contributed by atoms with Crippen LogP contribution in [0.2, 0.25) is 0 Å². The Balaban J connectivity index is 1.04. The topological polar surface area (TPSA) is 8.17 Å². The van der Waals surface area contributed by atoms with Gasteiger partial charge in [0.25, 0.3) is 0 Å². The van der Waals surface area contributed by atoms with Crippen molar-refractivity contribution in [2.24, 2.45) is 0 Å². The molecular weight excluding hydrogens is 841 g/mol. The lowest BCUT2D eigenvalue weighted by molar-refractivity contribution is 0.768. The minimum absolute atomic E-state index is 0.329. The highest BCUT2D eigenvalue weighted by Crippen LogP contribution is 2.58. The Hall–Kier alpha value is -8.24. The van der Waals surface area contributed by atoms with Gasteiger partial charge in [-0.3, -0.25) is 0 Å². The second-order valence-electron chi connectivity index (χ2n) is 18.3. The molecule has 0 aliphatic heterocycles. The van der Waals surface area contributed by atoms with Crippen molar-refractivity contribution in [3.8, 4) is 16.8 Å². The van der Waals surface area contributed by atoms with Crippen LogP contribution in [-0.2, 0) is 11.8 Å². The molecule has 2 aliphatic carbocycles. The molecule has 2 heterocycles. The molecule has 0 saturated heterocycles. The molecule has 0 saturated carbocycles. The van der Waals surface area contributed by atoms with Crippen molar-refractivity contribution in [2.75, 3.05) is 4.90 Å². The maximum absolute atomic E-state index is 2.53. The first-order valence-corrected chi connectivity index (χ1v) is 24.5. The first-order valence-electron chi connectivity index (χ1n) is 23.7. The molecule has 2 aliphatic rings. The molecule has 68 heavy (non-hydrogen) atoms. The van der Waals surface area contributed by atoms with E-state index in [1.54, 1.807) is 0 Å². The van der Waals surface area contributed by atoms with Gasteiger partial charge < -0.3 is 9.47 Å². The zero-order valence-electron chi connectivity index (χ0n) is 37.3. The smallest absolute Gasteiger partial charge is 0.0714 e. The number of nitrogens with zero attached hydrogens (tertiary/aromatic N) is 2. The summed E-state index contributed by atoms with van der Waals surface area (Å²) < 4.78 is 3.86. The molecule has 14 rings (SSSR count). The van der Waals surface area contributed by atoms with Gasteiger partial charge in [0, 0.05) is 54.1 Å². The van der Waals surface area contributed by atoms with E-state index < -0.39 is 5.41 Å². The minimum Gasteiger partial charge on any atom is -0.310 e. The predicted octanol–water partition coefficient (Wildman–Crippen LogP) is 17.3. The molecule has 0 radical (unpaired) electrons. The van der Waals surface area contributed by atoms with E-state index >= 15 is 0 Å². The molecule has 2 aromatic heterocycles. The van der Waals surface area contributed by atoms with Gasteiger partial charge in [0.1, 0.15) is 0 Å². The van der Waals surface area contributed by atoms with Crippen molar-refractivity contribution >= 4 is 77.1 Å². The monoisotopic (exact) mass is 884 g/mol. The predicted molar refractivity (Wildman–Crippen MR) is 288 cm³/mol. The summed E-state index contributed by atoms with van der Waals surface area (Å²) >= 11 is 1.92. The van der Waals surface area contributed by atoms with E-state index in [0.29, 0.717) is 5.92 Å². The quantitative estimate of drug-likeness (QED) is 0.155. The van der Waals surface area contributed by atoms with Gasteiger partial charge in [-0.15, -0.1) is 11.3 Å². The molecule has 0 spiro atoms. The number of hydrogen-bond acceptors (Lipinski definition) is 2. The van der Waals surface area contributed by atoms with E-state index in [9.17, 15) is 0 Å².